The third-order valence-corrected chi connectivity index (χ3v) is 4.64. The lowest BCUT2D eigenvalue weighted by Gasteiger charge is -2.14. The molecule has 1 aliphatic rings. The first-order valence-electron chi connectivity index (χ1n) is 8.72. The zero-order valence-corrected chi connectivity index (χ0v) is 14.1. The zero-order chi connectivity index (χ0) is 16.8. The van der Waals surface area contributed by atoms with Crippen molar-refractivity contribution in [2.75, 3.05) is 0 Å². The van der Waals surface area contributed by atoms with Crippen LogP contribution >= 0.6 is 0 Å². The molecule has 0 saturated carbocycles. The normalized spacial score (nSPS) is 18.8. The average molecular weight is 315 g/mol. The van der Waals surface area contributed by atoms with E-state index in [4.69, 9.17) is 5.73 Å². The van der Waals surface area contributed by atoms with E-state index in [1.54, 1.807) is 0 Å². The topological polar surface area (TPSA) is 26.0 Å². The summed E-state index contributed by atoms with van der Waals surface area (Å²) in [5.41, 5.74) is 9.26. The molecular formula is C23H25N. The van der Waals surface area contributed by atoms with Crippen LogP contribution in [-0.2, 0) is 0 Å². The lowest BCUT2D eigenvalue weighted by atomic mass is 9.92. The first kappa shape index (κ1) is 16.3. The summed E-state index contributed by atoms with van der Waals surface area (Å²) in [6.07, 6.45) is 15.5. The van der Waals surface area contributed by atoms with Crippen LogP contribution in [0.15, 0.2) is 85.1 Å². The number of hydrogen-bond donors (Lipinski definition) is 1. The van der Waals surface area contributed by atoms with E-state index in [1.165, 1.54) is 30.0 Å². The summed E-state index contributed by atoms with van der Waals surface area (Å²) in [5.74, 6) is 0.638. The molecule has 1 heteroatoms. The van der Waals surface area contributed by atoms with E-state index in [0.717, 1.165) is 23.3 Å². The van der Waals surface area contributed by atoms with Crippen molar-refractivity contribution < 1.29 is 0 Å². The van der Waals surface area contributed by atoms with Crippen LogP contribution in [0, 0.1) is 5.92 Å². The van der Waals surface area contributed by atoms with Crippen LogP contribution in [0.2, 0.25) is 0 Å². The van der Waals surface area contributed by atoms with Crippen molar-refractivity contribution in [3.05, 3.63) is 90.7 Å². The number of nitrogens with two attached hydrogens (primary N) is 1. The molecule has 0 bridgehead atoms. The lowest BCUT2D eigenvalue weighted by Crippen LogP contribution is -2.01. The monoisotopic (exact) mass is 315 g/mol. The third-order valence-electron chi connectivity index (χ3n) is 4.64. The molecule has 1 unspecified atom stereocenters. The van der Waals surface area contributed by atoms with Crippen molar-refractivity contribution >= 4 is 16.3 Å². The SMILES string of the molecule is C=C/C(=C\C(N)=C/CC1C=CCCC1)c1ccc2ccccc2c1. The van der Waals surface area contributed by atoms with Crippen molar-refractivity contribution in [1.82, 2.24) is 0 Å². The summed E-state index contributed by atoms with van der Waals surface area (Å²) in [6.45, 7) is 3.96. The Balaban J connectivity index is 1.80. The quantitative estimate of drug-likeness (QED) is 0.531. The first-order chi connectivity index (χ1) is 11.8. The van der Waals surface area contributed by atoms with E-state index in [0.29, 0.717) is 5.92 Å². The highest BCUT2D eigenvalue weighted by Crippen LogP contribution is 2.24. The molecule has 0 saturated heterocycles. The van der Waals surface area contributed by atoms with Gasteiger partial charge in [-0.1, -0.05) is 67.3 Å². The van der Waals surface area contributed by atoms with E-state index in [9.17, 15) is 0 Å². The molecule has 0 spiro atoms. The molecule has 2 N–H and O–H groups in total. The van der Waals surface area contributed by atoms with Crippen molar-refractivity contribution in [2.45, 2.75) is 25.7 Å². The van der Waals surface area contributed by atoms with Crippen molar-refractivity contribution in [3.8, 4) is 0 Å². The summed E-state index contributed by atoms with van der Waals surface area (Å²) < 4.78 is 0. The van der Waals surface area contributed by atoms with Gasteiger partial charge in [-0.15, -0.1) is 0 Å². The fraction of sp³-hybridized carbons (Fsp3) is 0.217. The maximum absolute atomic E-state index is 6.23. The van der Waals surface area contributed by atoms with E-state index >= 15 is 0 Å². The van der Waals surface area contributed by atoms with Gasteiger partial charge < -0.3 is 5.73 Å². The maximum Gasteiger partial charge on any atom is 0.0279 e. The van der Waals surface area contributed by atoms with Gasteiger partial charge in [0, 0.05) is 5.70 Å². The maximum atomic E-state index is 6.23. The number of fused-ring (bicyclic) bond motifs is 1. The van der Waals surface area contributed by atoms with Gasteiger partial charge in [-0.2, -0.15) is 0 Å². The van der Waals surface area contributed by atoms with Gasteiger partial charge in [-0.05, 0) is 65.7 Å². The van der Waals surface area contributed by atoms with Crippen molar-refractivity contribution in [3.63, 3.8) is 0 Å². The van der Waals surface area contributed by atoms with Crippen LogP contribution in [-0.4, -0.2) is 0 Å². The number of benzene rings is 2. The van der Waals surface area contributed by atoms with Crippen LogP contribution in [0.4, 0.5) is 0 Å². The predicted molar refractivity (Wildman–Crippen MR) is 105 cm³/mol. The van der Waals surface area contributed by atoms with Gasteiger partial charge in [0.15, 0.2) is 0 Å². The molecule has 0 amide bonds. The predicted octanol–water partition coefficient (Wildman–Crippen LogP) is 6.00. The first-order valence-corrected chi connectivity index (χ1v) is 8.72. The molecule has 24 heavy (non-hydrogen) atoms. The highest BCUT2D eigenvalue weighted by molar-refractivity contribution is 5.88. The Labute approximate surface area is 144 Å². The molecule has 2 aromatic rings. The fourth-order valence-electron chi connectivity index (χ4n) is 3.23. The Bertz CT molecular complexity index is 808. The number of hydrogen-bond acceptors (Lipinski definition) is 1. The minimum Gasteiger partial charge on any atom is -0.399 e. The second-order valence-corrected chi connectivity index (χ2v) is 6.42. The molecule has 1 nitrogen and oxygen atoms in total. The largest absolute Gasteiger partial charge is 0.399 e. The van der Waals surface area contributed by atoms with E-state index < -0.39 is 0 Å². The van der Waals surface area contributed by atoms with Crippen molar-refractivity contribution in [2.24, 2.45) is 11.7 Å². The standard InChI is InChI=1S/C23H25N/c1-2-19(17-23(24)15-12-18-8-4-3-5-9-18)22-14-13-20-10-6-7-11-21(20)16-22/h2,4,6-8,10-11,13-18H,1,3,5,9,12,24H2/b19-17+,23-15+. The second kappa shape index (κ2) is 7.83. The van der Waals surface area contributed by atoms with E-state index in [2.05, 4.69) is 67.3 Å². The fourth-order valence-corrected chi connectivity index (χ4v) is 3.23. The third kappa shape index (κ3) is 4.05. The molecule has 0 aliphatic heterocycles. The molecule has 0 heterocycles. The van der Waals surface area contributed by atoms with Gasteiger partial charge in [0.05, 0.1) is 0 Å². The van der Waals surface area contributed by atoms with Gasteiger partial charge in [0.2, 0.25) is 0 Å². The summed E-state index contributed by atoms with van der Waals surface area (Å²) in [7, 11) is 0. The van der Waals surface area contributed by atoms with Crippen LogP contribution in [0.1, 0.15) is 31.2 Å². The Morgan fingerprint density at radius 3 is 2.75 bits per heavy atom. The van der Waals surface area contributed by atoms with Crippen molar-refractivity contribution in [1.29, 1.82) is 0 Å². The van der Waals surface area contributed by atoms with E-state index in [-0.39, 0.29) is 0 Å². The summed E-state index contributed by atoms with van der Waals surface area (Å²) in [4.78, 5) is 0. The van der Waals surface area contributed by atoms with Gasteiger partial charge >= 0.3 is 0 Å². The average Bonchev–Trinajstić information content (AvgIpc) is 2.65. The Morgan fingerprint density at radius 1 is 1.17 bits per heavy atom. The summed E-state index contributed by atoms with van der Waals surface area (Å²) >= 11 is 0. The lowest BCUT2D eigenvalue weighted by molar-refractivity contribution is 0.546. The Morgan fingerprint density at radius 2 is 2.00 bits per heavy atom. The summed E-state index contributed by atoms with van der Waals surface area (Å²) in [5, 5.41) is 2.48. The smallest absolute Gasteiger partial charge is 0.0279 e. The zero-order valence-electron chi connectivity index (χ0n) is 14.1. The van der Waals surface area contributed by atoms with Gasteiger partial charge in [0.1, 0.15) is 0 Å². The van der Waals surface area contributed by atoms with Crippen LogP contribution < -0.4 is 5.73 Å². The molecule has 1 aliphatic carbocycles. The minimum atomic E-state index is 0.638. The Kier molecular flexibility index (Phi) is 5.32. The molecule has 0 radical (unpaired) electrons. The second-order valence-electron chi connectivity index (χ2n) is 6.42. The summed E-state index contributed by atoms with van der Waals surface area (Å²) in [6, 6.07) is 14.9. The number of allylic oxidation sites excluding steroid dienone is 6. The Hall–Kier alpha value is -2.54. The van der Waals surface area contributed by atoms with Crippen LogP contribution in [0.25, 0.3) is 16.3 Å². The molecule has 1 atom stereocenters. The van der Waals surface area contributed by atoms with Crippen LogP contribution in [0.3, 0.4) is 0 Å². The molecule has 0 aromatic heterocycles. The minimum absolute atomic E-state index is 0.638. The molecular weight excluding hydrogens is 290 g/mol. The van der Waals surface area contributed by atoms with Crippen LogP contribution in [0.5, 0.6) is 0 Å². The van der Waals surface area contributed by atoms with E-state index in [1.807, 2.05) is 12.2 Å². The van der Waals surface area contributed by atoms with Gasteiger partial charge in [0.25, 0.3) is 0 Å². The van der Waals surface area contributed by atoms with Gasteiger partial charge in [-0.25, -0.2) is 0 Å². The highest BCUT2D eigenvalue weighted by Gasteiger charge is 2.06. The molecule has 3 rings (SSSR count). The van der Waals surface area contributed by atoms with Gasteiger partial charge in [-0.3, -0.25) is 0 Å². The number of rotatable bonds is 5. The highest BCUT2D eigenvalue weighted by atomic mass is 14.6. The molecule has 0 fully saturated rings. The molecule has 2 aromatic carbocycles. The molecule has 122 valence electrons.